The second kappa shape index (κ2) is 4.83. The Hall–Kier alpha value is -2.09. The molecule has 0 spiro atoms. The Balaban J connectivity index is 2.25. The first kappa shape index (κ1) is 11.4. The summed E-state index contributed by atoms with van der Waals surface area (Å²) >= 11 is 0. The van der Waals surface area contributed by atoms with Crippen molar-refractivity contribution in [1.82, 2.24) is 0 Å². The summed E-state index contributed by atoms with van der Waals surface area (Å²) in [6.45, 7) is 3.92. The first-order valence-electron chi connectivity index (χ1n) is 5.52. The number of benzene rings is 2. The SMILES string of the molecule is Cc1c[c]cc(C)c1NC(=O)c1ccccc1. The third-order valence-electron chi connectivity index (χ3n) is 2.66. The van der Waals surface area contributed by atoms with Crippen LogP contribution >= 0.6 is 0 Å². The number of aryl methyl sites for hydroxylation is 2. The largest absolute Gasteiger partial charge is 0.322 e. The fraction of sp³-hybridized carbons (Fsp3) is 0.133. The first-order chi connectivity index (χ1) is 8.18. The Morgan fingerprint density at radius 3 is 2.24 bits per heavy atom. The third kappa shape index (κ3) is 2.53. The molecule has 2 nitrogen and oxygen atoms in total. The zero-order valence-electron chi connectivity index (χ0n) is 9.95. The normalized spacial score (nSPS) is 10.0. The van der Waals surface area contributed by atoms with Crippen LogP contribution in [0.3, 0.4) is 0 Å². The van der Waals surface area contributed by atoms with Gasteiger partial charge in [-0.25, -0.2) is 0 Å². The summed E-state index contributed by atoms with van der Waals surface area (Å²) in [6.07, 6.45) is 0. The Morgan fingerprint density at radius 2 is 1.65 bits per heavy atom. The van der Waals surface area contributed by atoms with Crippen molar-refractivity contribution in [2.24, 2.45) is 0 Å². The van der Waals surface area contributed by atoms with Gasteiger partial charge in [-0.2, -0.15) is 0 Å². The highest BCUT2D eigenvalue weighted by Crippen LogP contribution is 2.19. The molecule has 0 unspecified atom stereocenters. The van der Waals surface area contributed by atoms with Gasteiger partial charge in [-0.3, -0.25) is 4.79 Å². The average molecular weight is 224 g/mol. The molecule has 1 N–H and O–H groups in total. The van der Waals surface area contributed by atoms with Crippen LogP contribution in [-0.2, 0) is 0 Å². The predicted octanol–water partition coefficient (Wildman–Crippen LogP) is 3.36. The summed E-state index contributed by atoms with van der Waals surface area (Å²) in [5.74, 6) is -0.0806. The minimum atomic E-state index is -0.0806. The molecule has 0 saturated carbocycles. The third-order valence-corrected chi connectivity index (χ3v) is 2.66. The predicted molar refractivity (Wildman–Crippen MR) is 69.1 cm³/mol. The molecule has 0 aliphatic rings. The second-order valence-corrected chi connectivity index (χ2v) is 4.02. The van der Waals surface area contributed by atoms with Crippen LogP contribution in [0.4, 0.5) is 5.69 Å². The summed E-state index contributed by atoms with van der Waals surface area (Å²) in [4.78, 5) is 12.0. The lowest BCUT2D eigenvalue weighted by atomic mass is 10.1. The van der Waals surface area contributed by atoms with Gasteiger partial charge >= 0.3 is 0 Å². The average Bonchev–Trinajstić information content (AvgIpc) is 2.35. The highest BCUT2D eigenvalue weighted by molar-refractivity contribution is 6.05. The van der Waals surface area contributed by atoms with Gasteiger partial charge < -0.3 is 5.32 Å². The van der Waals surface area contributed by atoms with E-state index in [9.17, 15) is 4.79 Å². The van der Waals surface area contributed by atoms with Gasteiger partial charge in [0.05, 0.1) is 0 Å². The number of carbonyl (C=O) groups is 1. The number of hydrogen-bond donors (Lipinski definition) is 1. The number of rotatable bonds is 2. The Morgan fingerprint density at radius 1 is 1.06 bits per heavy atom. The highest BCUT2D eigenvalue weighted by Gasteiger charge is 2.08. The summed E-state index contributed by atoms with van der Waals surface area (Å²) in [5, 5.41) is 2.94. The van der Waals surface area contributed by atoms with Crippen molar-refractivity contribution >= 4 is 11.6 Å². The molecule has 0 fully saturated rings. The van der Waals surface area contributed by atoms with Gasteiger partial charge in [0.2, 0.25) is 0 Å². The number of nitrogens with one attached hydrogen (secondary N) is 1. The molecule has 0 bridgehead atoms. The molecule has 2 heteroatoms. The molecule has 0 aromatic heterocycles. The fourth-order valence-corrected chi connectivity index (χ4v) is 1.72. The lowest BCUT2D eigenvalue weighted by molar-refractivity contribution is 0.102. The van der Waals surface area contributed by atoms with E-state index in [-0.39, 0.29) is 5.91 Å². The van der Waals surface area contributed by atoms with E-state index in [4.69, 9.17) is 0 Å². The topological polar surface area (TPSA) is 29.1 Å². The molecule has 17 heavy (non-hydrogen) atoms. The lowest BCUT2D eigenvalue weighted by Gasteiger charge is -2.11. The molecular weight excluding hydrogens is 210 g/mol. The van der Waals surface area contributed by atoms with Crippen LogP contribution in [0.25, 0.3) is 0 Å². The summed E-state index contributed by atoms with van der Waals surface area (Å²) in [7, 11) is 0. The van der Waals surface area contributed by atoms with Crippen LogP contribution in [-0.4, -0.2) is 5.91 Å². The van der Waals surface area contributed by atoms with E-state index in [1.165, 1.54) is 0 Å². The van der Waals surface area contributed by atoms with Crippen molar-refractivity contribution in [3.63, 3.8) is 0 Å². The maximum Gasteiger partial charge on any atom is 0.255 e. The molecular formula is C15H14NO. The minimum Gasteiger partial charge on any atom is -0.322 e. The van der Waals surface area contributed by atoms with Crippen LogP contribution in [0.2, 0.25) is 0 Å². The molecule has 0 aliphatic heterocycles. The number of hydrogen-bond acceptors (Lipinski definition) is 1. The molecule has 0 saturated heterocycles. The van der Waals surface area contributed by atoms with E-state index in [1.807, 2.05) is 44.2 Å². The van der Waals surface area contributed by atoms with Crippen molar-refractivity contribution in [3.05, 3.63) is 65.2 Å². The number of amides is 1. The molecule has 0 atom stereocenters. The molecule has 1 radical (unpaired) electrons. The standard InChI is InChI=1S/C15H14NO/c1-11-7-6-8-12(2)14(11)16-15(17)13-9-4-3-5-10-13/h3-5,7-10H,1-2H3,(H,16,17). The zero-order valence-corrected chi connectivity index (χ0v) is 9.95. The lowest BCUT2D eigenvalue weighted by Crippen LogP contribution is -2.13. The van der Waals surface area contributed by atoms with E-state index in [0.29, 0.717) is 5.56 Å². The molecule has 0 heterocycles. The smallest absolute Gasteiger partial charge is 0.255 e. The quantitative estimate of drug-likeness (QED) is 0.832. The molecule has 2 aromatic carbocycles. The van der Waals surface area contributed by atoms with Crippen LogP contribution in [0.15, 0.2) is 42.5 Å². The van der Waals surface area contributed by atoms with Gasteiger partial charge in [-0.1, -0.05) is 18.2 Å². The van der Waals surface area contributed by atoms with Crippen LogP contribution in [0, 0.1) is 19.9 Å². The van der Waals surface area contributed by atoms with Crippen LogP contribution < -0.4 is 5.32 Å². The second-order valence-electron chi connectivity index (χ2n) is 4.02. The minimum absolute atomic E-state index is 0.0806. The summed E-state index contributed by atoms with van der Waals surface area (Å²) in [5.41, 5.74) is 3.58. The molecule has 0 aliphatic carbocycles. The zero-order chi connectivity index (χ0) is 12.3. The van der Waals surface area contributed by atoms with E-state index in [0.717, 1.165) is 16.8 Å². The van der Waals surface area contributed by atoms with Crippen molar-refractivity contribution < 1.29 is 4.79 Å². The van der Waals surface area contributed by atoms with E-state index < -0.39 is 0 Å². The van der Waals surface area contributed by atoms with Gasteiger partial charge in [-0.15, -0.1) is 0 Å². The van der Waals surface area contributed by atoms with Crippen molar-refractivity contribution in [1.29, 1.82) is 0 Å². The maximum atomic E-state index is 12.0. The van der Waals surface area contributed by atoms with Crippen LogP contribution in [0.5, 0.6) is 0 Å². The van der Waals surface area contributed by atoms with E-state index >= 15 is 0 Å². The van der Waals surface area contributed by atoms with Gasteiger partial charge in [0, 0.05) is 11.3 Å². The molecule has 85 valence electrons. The van der Waals surface area contributed by atoms with E-state index in [2.05, 4.69) is 11.4 Å². The van der Waals surface area contributed by atoms with Crippen molar-refractivity contribution in [3.8, 4) is 0 Å². The van der Waals surface area contributed by atoms with Gasteiger partial charge in [0.25, 0.3) is 5.91 Å². The number of anilines is 1. The maximum absolute atomic E-state index is 12.0. The Labute approximate surface area is 101 Å². The molecule has 1 amide bonds. The highest BCUT2D eigenvalue weighted by atomic mass is 16.1. The number of carbonyl (C=O) groups excluding carboxylic acids is 1. The Kier molecular flexibility index (Phi) is 3.24. The molecule has 2 rings (SSSR count). The fourth-order valence-electron chi connectivity index (χ4n) is 1.72. The molecule has 2 aromatic rings. The van der Waals surface area contributed by atoms with Gasteiger partial charge in [0.15, 0.2) is 0 Å². The monoisotopic (exact) mass is 224 g/mol. The summed E-state index contributed by atoms with van der Waals surface area (Å²) < 4.78 is 0. The van der Waals surface area contributed by atoms with Crippen LogP contribution in [0.1, 0.15) is 21.5 Å². The van der Waals surface area contributed by atoms with Gasteiger partial charge in [-0.05, 0) is 55.3 Å². The summed E-state index contributed by atoms with van der Waals surface area (Å²) in [6, 6.07) is 16.0. The Bertz CT molecular complexity index is 512. The van der Waals surface area contributed by atoms with E-state index in [1.54, 1.807) is 12.1 Å². The van der Waals surface area contributed by atoms with Crippen molar-refractivity contribution in [2.75, 3.05) is 5.32 Å². The van der Waals surface area contributed by atoms with Gasteiger partial charge in [0.1, 0.15) is 0 Å². The van der Waals surface area contributed by atoms with Crippen molar-refractivity contribution in [2.45, 2.75) is 13.8 Å². The first-order valence-corrected chi connectivity index (χ1v) is 5.52.